The SMILES string of the molecule is CCCCCCC[CH2][Sn]([CH2]CCCCCCC)([O]CCC(C)CC)[O][Sn]([CH2]CCCCCCC)([CH2]CCCCCCC)[O]CCC(C)CC. The second kappa shape index (κ2) is 36.5. The van der Waals surface area contributed by atoms with E-state index < -0.39 is 38.4 Å². The van der Waals surface area contributed by atoms with Crippen molar-refractivity contribution in [2.24, 2.45) is 11.8 Å². The average Bonchev–Trinajstić information content (AvgIpc) is 3.10. The van der Waals surface area contributed by atoms with E-state index in [-0.39, 0.29) is 0 Å². The molecule has 0 radical (unpaired) electrons. The summed E-state index contributed by atoms with van der Waals surface area (Å²) in [6.07, 6.45) is 37.5. The van der Waals surface area contributed by atoms with Crippen molar-refractivity contribution >= 4 is 38.4 Å². The van der Waals surface area contributed by atoms with Crippen molar-refractivity contribution in [2.75, 3.05) is 13.2 Å². The Hall–Kier alpha value is 1.48. The Balaban J connectivity index is 6.41. The predicted molar refractivity (Wildman–Crippen MR) is 225 cm³/mol. The van der Waals surface area contributed by atoms with Crippen LogP contribution in [0, 0.1) is 11.8 Å². The van der Waals surface area contributed by atoms with Crippen LogP contribution in [0.25, 0.3) is 0 Å². The molecule has 5 heteroatoms. The van der Waals surface area contributed by atoms with Gasteiger partial charge in [0.15, 0.2) is 0 Å². The van der Waals surface area contributed by atoms with E-state index in [9.17, 15) is 0 Å². The van der Waals surface area contributed by atoms with Crippen molar-refractivity contribution < 1.29 is 7.56 Å². The first-order chi connectivity index (χ1) is 23.9. The van der Waals surface area contributed by atoms with Crippen LogP contribution >= 0.6 is 0 Å². The van der Waals surface area contributed by atoms with Crippen molar-refractivity contribution in [3.63, 3.8) is 0 Å². The topological polar surface area (TPSA) is 27.7 Å². The summed E-state index contributed by atoms with van der Waals surface area (Å²) in [7, 11) is 0. The number of hydrogen-bond acceptors (Lipinski definition) is 3. The first-order valence-corrected chi connectivity index (χ1v) is 35.6. The van der Waals surface area contributed by atoms with Crippen molar-refractivity contribution in [1.82, 2.24) is 0 Å². The molecule has 0 N–H and O–H groups in total. The fourth-order valence-corrected chi connectivity index (χ4v) is 48.5. The van der Waals surface area contributed by atoms with Crippen LogP contribution in [0.1, 0.15) is 235 Å². The second-order valence-electron chi connectivity index (χ2n) is 16.3. The van der Waals surface area contributed by atoms with Gasteiger partial charge in [0, 0.05) is 0 Å². The molecule has 0 amide bonds. The van der Waals surface area contributed by atoms with Gasteiger partial charge in [-0.05, 0) is 0 Å². The van der Waals surface area contributed by atoms with Gasteiger partial charge in [-0.1, -0.05) is 0 Å². The summed E-state index contributed by atoms with van der Waals surface area (Å²) >= 11 is -6.88. The molecule has 0 aliphatic heterocycles. The van der Waals surface area contributed by atoms with Gasteiger partial charge in [0.05, 0.1) is 0 Å². The van der Waals surface area contributed by atoms with Gasteiger partial charge in [-0.2, -0.15) is 0 Å². The van der Waals surface area contributed by atoms with Crippen LogP contribution in [0.3, 0.4) is 0 Å². The zero-order valence-electron chi connectivity index (χ0n) is 35.4. The summed E-state index contributed by atoms with van der Waals surface area (Å²) in [4.78, 5) is 0. The third-order valence-electron chi connectivity index (χ3n) is 11.4. The standard InChI is InChI=1S/4C8H17.2C6H13O.O.2Sn/c4*1-3-5-7-8-6-4-2;2*1-3-6(2)4-5-7;;;/h4*1,3-8H2,2H3;2*6H,3-5H2,1-2H3;;;/q;;;;2*-1;;2*+1. The summed E-state index contributed by atoms with van der Waals surface area (Å²) < 4.78 is 28.1. The summed E-state index contributed by atoms with van der Waals surface area (Å²) in [5, 5.41) is 0. The molecule has 49 heavy (non-hydrogen) atoms. The zero-order chi connectivity index (χ0) is 36.3. The van der Waals surface area contributed by atoms with E-state index >= 15 is 0 Å². The minimum absolute atomic E-state index is 0.735. The van der Waals surface area contributed by atoms with E-state index in [4.69, 9.17) is 7.56 Å². The quantitative estimate of drug-likeness (QED) is 0.0453. The Morgan fingerprint density at radius 1 is 0.347 bits per heavy atom. The molecule has 0 spiro atoms. The molecule has 0 aliphatic carbocycles. The van der Waals surface area contributed by atoms with Crippen LogP contribution < -0.4 is 0 Å². The third kappa shape index (κ3) is 29.5. The average molecular weight is 909 g/mol. The Bertz CT molecular complexity index is 574. The summed E-state index contributed by atoms with van der Waals surface area (Å²) in [6.45, 7) is 20.7. The molecule has 2 atom stereocenters. The predicted octanol–water partition coefficient (Wildman–Crippen LogP) is 16.2. The summed E-state index contributed by atoms with van der Waals surface area (Å²) in [5.41, 5.74) is 0. The van der Waals surface area contributed by atoms with Crippen molar-refractivity contribution in [1.29, 1.82) is 0 Å². The Morgan fingerprint density at radius 3 is 0.837 bits per heavy atom. The van der Waals surface area contributed by atoms with Crippen LogP contribution in [-0.4, -0.2) is 51.6 Å². The number of hydrogen-bond donors (Lipinski definition) is 0. The molecule has 0 aliphatic rings. The maximum atomic E-state index is 8.14. The molecule has 2 unspecified atom stereocenters. The van der Waals surface area contributed by atoms with Gasteiger partial charge < -0.3 is 0 Å². The van der Waals surface area contributed by atoms with Crippen molar-refractivity contribution in [2.45, 2.75) is 253 Å². The van der Waals surface area contributed by atoms with Gasteiger partial charge >= 0.3 is 324 Å². The van der Waals surface area contributed by atoms with E-state index in [0.29, 0.717) is 0 Å². The normalized spacial score (nSPS) is 13.7. The number of unbranched alkanes of at least 4 members (excludes halogenated alkanes) is 20. The van der Waals surface area contributed by atoms with Crippen LogP contribution in [0.5, 0.6) is 0 Å². The molecule has 0 rings (SSSR count). The number of rotatable bonds is 40. The Labute approximate surface area is 321 Å². The molecule has 0 saturated carbocycles. The fraction of sp³-hybridized carbons (Fsp3) is 1.00. The van der Waals surface area contributed by atoms with Gasteiger partial charge in [-0.25, -0.2) is 0 Å². The Morgan fingerprint density at radius 2 is 0.592 bits per heavy atom. The minimum atomic E-state index is -3.44. The van der Waals surface area contributed by atoms with Gasteiger partial charge in [-0.15, -0.1) is 0 Å². The zero-order valence-corrected chi connectivity index (χ0v) is 41.1. The van der Waals surface area contributed by atoms with E-state index in [0.717, 1.165) is 25.0 Å². The first-order valence-electron chi connectivity index (χ1n) is 22.8. The molecule has 0 aromatic heterocycles. The molecule has 0 fully saturated rings. The van der Waals surface area contributed by atoms with E-state index in [1.165, 1.54) is 198 Å². The maximum absolute atomic E-state index is 8.14. The third-order valence-corrected chi connectivity index (χ3v) is 44.6. The molecule has 0 saturated heterocycles. The van der Waals surface area contributed by atoms with E-state index in [1.807, 2.05) is 0 Å². The van der Waals surface area contributed by atoms with Crippen LogP contribution in [0.15, 0.2) is 0 Å². The van der Waals surface area contributed by atoms with Gasteiger partial charge in [-0.3, -0.25) is 0 Å². The Kier molecular flexibility index (Phi) is 37.6. The molecule has 3 nitrogen and oxygen atoms in total. The fourth-order valence-electron chi connectivity index (χ4n) is 7.14. The second-order valence-corrected chi connectivity index (χ2v) is 38.5. The summed E-state index contributed by atoms with van der Waals surface area (Å²) in [6, 6.07) is 0. The first kappa shape index (κ1) is 50.5. The van der Waals surface area contributed by atoms with Crippen LogP contribution in [-0.2, 0) is 7.56 Å². The van der Waals surface area contributed by atoms with Crippen LogP contribution in [0.2, 0.25) is 17.7 Å². The molecule has 0 aromatic rings. The van der Waals surface area contributed by atoms with E-state index in [2.05, 4.69) is 55.4 Å². The van der Waals surface area contributed by atoms with Gasteiger partial charge in [0.1, 0.15) is 0 Å². The molecular weight excluding hydrogens is 814 g/mol. The molecule has 0 bridgehead atoms. The molecule has 296 valence electrons. The molecule has 0 heterocycles. The molecule has 0 aromatic carbocycles. The van der Waals surface area contributed by atoms with Crippen LogP contribution in [0.4, 0.5) is 0 Å². The van der Waals surface area contributed by atoms with E-state index in [1.54, 1.807) is 0 Å². The monoisotopic (exact) mass is 911 g/mol. The summed E-state index contributed by atoms with van der Waals surface area (Å²) in [5.74, 6) is 1.47. The van der Waals surface area contributed by atoms with Gasteiger partial charge in [0.2, 0.25) is 0 Å². The van der Waals surface area contributed by atoms with Crippen molar-refractivity contribution in [3.8, 4) is 0 Å². The van der Waals surface area contributed by atoms with Gasteiger partial charge in [0.25, 0.3) is 0 Å². The van der Waals surface area contributed by atoms with Crippen molar-refractivity contribution in [3.05, 3.63) is 0 Å². The molecular formula is C44H94O3Sn2.